The first-order chi connectivity index (χ1) is 8.11. The lowest BCUT2D eigenvalue weighted by molar-refractivity contribution is 0.267. The molecule has 3 nitrogen and oxygen atoms in total. The maximum absolute atomic E-state index is 9.27. The van der Waals surface area contributed by atoms with Gasteiger partial charge in [0.1, 0.15) is 12.4 Å². The Bertz CT molecular complexity index is 373. The highest BCUT2D eigenvalue weighted by Crippen LogP contribution is 2.27. The molecule has 0 bridgehead atoms. The highest BCUT2D eigenvalue weighted by Gasteiger charge is 2.13. The Balaban J connectivity index is 0.00000121. The summed E-state index contributed by atoms with van der Waals surface area (Å²) in [6.45, 7) is 13.7. The first-order valence-electron chi connectivity index (χ1n) is 5.93. The van der Waals surface area contributed by atoms with Crippen molar-refractivity contribution in [1.29, 1.82) is 0 Å². The standard InChI is InChI=1S/C12H17NO2.C2H6/c1-5-6-15-12-8(2)9(3)13-10(4)11(12)7-14;1-2/h5,14H,1,6-7H2,2-4H3;1-2H3. The van der Waals surface area contributed by atoms with E-state index >= 15 is 0 Å². The van der Waals surface area contributed by atoms with Crippen molar-refractivity contribution >= 4 is 0 Å². The van der Waals surface area contributed by atoms with Gasteiger partial charge in [-0.3, -0.25) is 4.98 Å². The van der Waals surface area contributed by atoms with Crippen molar-refractivity contribution in [2.45, 2.75) is 41.2 Å². The molecule has 96 valence electrons. The summed E-state index contributed by atoms with van der Waals surface area (Å²) in [7, 11) is 0. The van der Waals surface area contributed by atoms with Gasteiger partial charge in [-0.25, -0.2) is 0 Å². The van der Waals surface area contributed by atoms with Crippen molar-refractivity contribution in [1.82, 2.24) is 4.98 Å². The Morgan fingerprint density at radius 1 is 1.24 bits per heavy atom. The van der Waals surface area contributed by atoms with Gasteiger partial charge in [0.2, 0.25) is 0 Å². The number of aliphatic hydroxyl groups excluding tert-OH is 1. The molecule has 0 atom stereocenters. The Morgan fingerprint density at radius 2 is 1.82 bits per heavy atom. The molecule has 0 amide bonds. The molecule has 0 spiro atoms. The van der Waals surface area contributed by atoms with Gasteiger partial charge in [0, 0.05) is 22.5 Å². The molecule has 3 heteroatoms. The minimum atomic E-state index is -0.0492. The van der Waals surface area contributed by atoms with Crippen LogP contribution in [-0.2, 0) is 6.61 Å². The Labute approximate surface area is 104 Å². The number of hydrogen-bond acceptors (Lipinski definition) is 3. The molecule has 0 aliphatic carbocycles. The molecule has 1 aromatic heterocycles. The predicted octanol–water partition coefficient (Wildman–Crippen LogP) is 3.09. The molecule has 1 aromatic rings. The number of ether oxygens (including phenoxy) is 1. The van der Waals surface area contributed by atoms with Gasteiger partial charge in [-0.1, -0.05) is 26.5 Å². The SMILES string of the molecule is C=CCOc1c(C)c(C)nc(C)c1CO.CC. The molecule has 1 rings (SSSR count). The monoisotopic (exact) mass is 237 g/mol. The third-order valence-electron chi connectivity index (χ3n) is 2.43. The van der Waals surface area contributed by atoms with E-state index in [9.17, 15) is 5.11 Å². The van der Waals surface area contributed by atoms with E-state index in [0.29, 0.717) is 6.61 Å². The third-order valence-corrected chi connectivity index (χ3v) is 2.43. The molecule has 0 saturated heterocycles. The van der Waals surface area contributed by atoms with Gasteiger partial charge in [0.15, 0.2) is 0 Å². The van der Waals surface area contributed by atoms with E-state index in [2.05, 4.69) is 11.6 Å². The number of nitrogens with zero attached hydrogens (tertiary/aromatic N) is 1. The van der Waals surface area contributed by atoms with Crippen LogP contribution in [0.1, 0.15) is 36.4 Å². The van der Waals surface area contributed by atoms with E-state index in [1.54, 1.807) is 6.08 Å². The normalized spacial score (nSPS) is 9.29. The second-order valence-electron chi connectivity index (χ2n) is 3.47. The molecule has 0 aliphatic heterocycles. The zero-order valence-corrected chi connectivity index (χ0v) is 11.5. The molecular formula is C14H23NO2. The minimum Gasteiger partial charge on any atom is -0.489 e. The lowest BCUT2D eigenvalue weighted by atomic mass is 10.1. The number of aromatic nitrogens is 1. The van der Waals surface area contributed by atoms with Crippen molar-refractivity contribution < 1.29 is 9.84 Å². The van der Waals surface area contributed by atoms with Crippen LogP contribution in [0.5, 0.6) is 5.75 Å². The molecule has 0 fully saturated rings. The van der Waals surface area contributed by atoms with E-state index in [1.165, 1.54) is 0 Å². The van der Waals surface area contributed by atoms with Crippen molar-refractivity contribution in [2.75, 3.05) is 6.61 Å². The van der Waals surface area contributed by atoms with Crippen LogP contribution in [0.2, 0.25) is 0 Å². The maximum Gasteiger partial charge on any atom is 0.131 e. The van der Waals surface area contributed by atoms with Gasteiger partial charge >= 0.3 is 0 Å². The molecule has 0 radical (unpaired) electrons. The van der Waals surface area contributed by atoms with Crippen LogP contribution >= 0.6 is 0 Å². The van der Waals surface area contributed by atoms with Gasteiger partial charge in [0.25, 0.3) is 0 Å². The van der Waals surface area contributed by atoms with Crippen LogP contribution in [0, 0.1) is 20.8 Å². The summed E-state index contributed by atoms with van der Waals surface area (Å²) in [5.74, 6) is 0.738. The average Bonchev–Trinajstić information content (AvgIpc) is 2.34. The number of pyridine rings is 1. The van der Waals surface area contributed by atoms with Gasteiger partial charge in [-0.05, 0) is 20.8 Å². The third kappa shape index (κ3) is 3.86. The van der Waals surface area contributed by atoms with Crippen LogP contribution in [0.25, 0.3) is 0 Å². The summed E-state index contributed by atoms with van der Waals surface area (Å²) >= 11 is 0. The fourth-order valence-corrected chi connectivity index (χ4v) is 1.48. The molecule has 0 saturated carbocycles. The molecule has 0 unspecified atom stereocenters. The predicted molar refractivity (Wildman–Crippen MR) is 71.4 cm³/mol. The van der Waals surface area contributed by atoms with Crippen LogP contribution in [0.15, 0.2) is 12.7 Å². The van der Waals surface area contributed by atoms with Gasteiger partial charge in [-0.2, -0.15) is 0 Å². The Kier molecular flexibility index (Phi) is 7.22. The highest BCUT2D eigenvalue weighted by atomic mass is 16.5. The first-order valence-corrected chi connectivity index (χ1v) is 5.93. The Hall–Kier alpha value is -1.35. The van der Waals surface area contributed by atoms with Crippen molar-refractivity contribution in [2.24, 2.45) is 0 Å². The van der Waals surface area contributed by atoms with E-state index in [0.717, 1.165) is 28.3 Å². The van der Waals surface area contributed by atoms with Gasteiger partial charge in [0.05, 0.1) is 6.61 Å². The summed E-state index contributed by atoms with van der Waals surface area (Å²) in [5.41, 5.74) is 3.50. The van der Waals surface area contributed by atoms with Crippen LogP contribution in [0.4, 0.5) is 0 Å². The summed E-state index contributed by atoms with van der Waals surface area (Å²) in [6, 6.07) is 0. The highest BCUT2D eigenvalue weighted by molar-refractivity contribution is 5.44. The summed E-state index contributed by atoms with van der Waals surface area (Å²) < 4.78 is 5.55. The molecule has 1 heterocycles. The summed E-state index contributed by atoms with van der Waals surface area (Å²) in [4.78, 5) is 4.35. The zero-order valence-electron chi connectivity index (χ0n) is 11.5. The molecule has 17 heavy (non-hydrogen) atoms. The topological polar surface area (TPSA) is 42.4 Å². The smallest absolute Gasteiger partial charge is 0.131 e. The zero-order chi connectivity index (χ0) is 13.4. The van der Waals surface area contributed by atoms with E-state index in [1.807, 2.05) is 34.6 Å². The number of rotatable bonds is 4. The van der Waals surface area contributed by atoms with Gasteiger partial charge in [-0.15, -0.1) is 0 Å². The lowest BCUT2D eigenvalue weighted by Gasteiger charge is -2.15. The first kappa shape index (κ1) is 15.7. The van der Waals surface area contributed by atoms with Crippen molar-refractivity contribution in [3.8, 4) is 5.75 Å². The fourth-order valence-electron chi connectivity index (χ4n) is 1.48. The second-order valence-corrected chi connectivity index (χ2v) is 3.47. The molecule has 0 aliphatic rings. The summed E-state index contributed by atoms with van der Waals surface area (Å²) in [5, 5.41) is 9.27. The lowest BCUT2D eigenvalue weighted by Crippen LogP contribution is -2.05. The van der Waals surface area contributed by atoms with Gasteiger partial charge < -0.3 is 9.84 Å². The second kappa shape index (κ2) is 7.85. The number of aryl methyl sites for hydroxylation is 2. The average molecular weight is 237 g/mol. The van der Waals surface area contributed by atoms with E-state index in [4.69, 9.17) is 4.74 Å². The van der Waals surface area contributed by atoms with Crippen LogP contribution in [0.3, 0.4) is 0 Å². The molecular weight excluding hydrogens is 214 g/mol. The minimum absolute atomic E-state index is 0.0492. The quantitative estimate of drug-likeness (QED) is 0.818. The number of aliphatic hydroxyl groups is 1. The summed E-state index contributed by atoms with van der Waals surface area (Å²) in [6.07, 6.45) is 1.69. The number of hydrogen-bond donors (Lipinski definition) is 1. The van der Waals surface area contributed by atoms with Crippen molar-refractivity contribution in [3.05, 3.63) is 35.2 Å². The van der Waals surface area contributed by atoms with Crippen molar-refractivity contribution in [3.63, 3.8) is 0 Å². The van der Waals surface area contributed by atoms with Crippen LogP contribution < -0.4 is 4.74 Å². The Morgan fingerprint density at radius 3 is 2.29 bits per heavy atom. The maximum atomic E-state index is 9.27. The largest absolute Gasteiger partial charge is 0.489 e. The van der Waals surface area contributed by atoms with Crippen LogP contribution in [-0.4, -0.2) is 16.7 Å². The van der Waals surface area contributed by atoms with E-state index in [-0.39, 0.29) is 6.61 Å². The fraction of sp³-hybridized carbons (Fsp3) is 0.500. The molecule has 0 aromatic carbocycles. The molecule has 1 N–H and O–H groups in total. The van der Waals surface area contributed by atoms with E-state index < -0.39 is 0 Å².